The summed E-state index contributed by atoms with van der Waals surface area (Å²) in [5, 5.41) is 10.3. The molecule has 2 bridgehead atoms. The van der Waals surface area contributed by atoms with E-state index >= 15 is 0 Å². The van der Waals surface area contributed by atoms with Crippen LogP contribution < -0.4 is 0 Å². The molecule has 82 valence electrons. The third-order valence-corrected chi connectivity index (χ3v) is 8.05. The van der Waals surface area contributed by atoms with Gasteiger partial charge in [0.1, 0.15) is 0 Å². The Morgan fingerprint density at radius 3 is 2.36 bits per heavy atom. The molecule has 0 aliphatic heterocycles. The van der Waals surface area contributed by atoms with Crippen molar-refractivity contribution < 1.29 is 5.11 Å². The molecule has 2 fully saturated rings. The van der Waals surface area contributed by atoms with E-state index in [1.165, 1.54) is 17.3 Å². The number of aliphatic hydroxyl groups excluding tert-OH is 1. The SMILES string of the molecule is C[Te+](C)C[C@]12CC[C@H](C[C@H]1O)C2(C)C. The molecule has 2 heteroatoms. The van der Waals surface area contributed by atoms with Crippen LogP contribution in [0.25, 0.3) is 0 Å². The number of aliphatic hydroxyl groups is 1. The fourth-order valence-corrected chi connectivity index (χ4v) is 8.86. The first-order valence-electron chi connectivity index (χ1n) is 5.62. The van der Waals surface area contributed by atoms with Gasteiger partial charge in [-0.05, 0) is 0 Å². The molecule has 3 atom stereocenters. The summed E-state index contributed by atoms with van der Waals surface area (Å²) in [5.41, 5.74) is 0.732. The molecule has 2 aliphatic rings. The molecular formula is C12H23OTe+. The topological polar surface area (TPSA) is 20.2 Å². The van der Waals surface area contributed by atoms with E-state index in [1.807, 2.05) is 0 Å². The quantitative estimate of drug-likeness (QED) is 0.778. The summed E-state index contributed by atoms with van der Waals surface area (Å²) >= 11 is -0.847. The second-order valence-corrected chi connectivity index (χ2v) is 12.4. The van der Waals surface area contributed by atoms with Crippen LogP contribution in [0.3, 0.4) is 0 Å². The summed E-state index contributed by atoms with van der Waals surface area (Å²) in [6.07, 6.45) is 3.76. The van der Waals surface area contributed by atoms with Crippen LogP contribution in [0.4, 0.5) is 0 Å². The number of hydrogen-bond acceptors (Lipinski definition) is 1. The Kier molecular flexibility index (Phi) is 2.71. The zero-order chi connectivity index (χ0) is 10.6. The van der Waals surface area contributed by atoms with Gasteiger partial charge in [0, 0.05) is 0 Å². The van der Waals surface area contributed by atoms with E-state index in [0.717, 1.165) is 12.3 Å². The number of fused-ring (bicyclic) bond motifs is 2. The normalized spacial score (nSPS) is 45.0. The van der Waals surface area contributed by atoms with Crippen molar-refractivity contribution in [1.82, 2.24) is 0 Å². The van der Waals surface area contributed by atoms with Crippen LogP contribution in [0.2, 0.25) is 14.4 Å². The third-order valence-electron chi connectivity index (χ3n) is 4.93. The molecule has 0 unspecified atom stereocenters. The molecule has 0 aromatic rings. The molecule has 0 spiro atoms. The number of hydrogen-bond donors (Lipinski definition) is 1. The molecule has 0 aromatic heterocycles. The van der Waals surface area contributed by atoms with E-state index in [0.29, 0.717) is 10.8 Å². The van der Waals surface area contributed by atoms with Crippen molar-refractivity contribution in [2.75, 3.05) is 0 Å². The number of rotatable bonds is 2. The van der Waals surface area contributed by atoms with E-state index < -0.39 is 19.6 Å². The van der Waals surface area contributed by atoms with Gasteiger partial charge in [-0.3, -0.25) is 0 Å². The molecule has 0 radical (unpaired) electrons. The van der Waals surface area contributed by atoms with Gasteiger partial charge >= 0.3 is 95.0 Å². The third kappa shape index (κ3) is 1.30. The van der Waals surface area contributed by atoms with Crippen LogP contribution in [0.5, 0.6) is 0 Å². The monoisotopic (exact) mass is 313 g/mol. The van der Waals surface area contributed by atoms with Crippen molar-refractivity contribution in [2.24, 2.45) is 16.7 Å². The van der Waals surface area contributed by atoms with Gasteiger partial charge in [0.05, 0.1) is 0 Å². The minimum atomic E-state index is -0.847. The fourth-order valence-electron chi connectivity index (χ4n) is 3.89. The van der Waals surface area contributed by atoms with E-state index in [2.05, 4.69) is 23.8 Å². The Bertz CT molecular complexity index is 236. The summed E-state index contributed by atoms with van der Waals surface area (Å²) in [4.78, 5) is 4.90. The summed E-state index contributed by atoms with van der Waals surface area (Å²) in [6, 6.07) is 0. The first-order chi connectivity index (χ1) is 6.40. The Hall–Kier alpha value is 0.750. The van der Waals surface area contributed by atoms with Crippen molar-refractivity contribution in [3.63, 3.8) is 0 Å². The van der Waals surface area contributed by atoms with Crippen molar-refractivity contribution in [3.05, 3.63) is 0 Å². The van der Waals surface area contributed by atoms with Crippen LogP contribution in [0, 0.1) is 16.7 Å². The van der Waals surface area contributed by atoms with Crippen molar-refractivity contribution in [3.8, 4) is 0 Å². The molecule has 2 aliphatic carbocycles. The molecular weight excluding hydrogens is 288 g/mol. The van der Waals surface area contributed by atoms with Crippen molar-refractivity contribution in [1.29, 1.82) is 0 Å². The van der Waals surface area contributed by atoms with Gasteiger partial charge in [0.25, 0.3) is 0 Å². The maximum atomic E-state index is 10.3. The Morgan fingerprint density at radius 1 is 1.36 bits per heavy atom. The van der Waals surface area contributed by atoms with Gasteiger partial charge in [0.15, 0.2) is 0 Å². The molecule has 2 rings (SSSR count). The van der Waals surface area contributed by atoms with Crippen LogP contribution >= 0.6 is 0 Å². The van der Waals surface area contributed by atoms with Crippen molar-refractivity contribution >= 4 is 19.6 Å². The van der Waals surface area contributed by atoms with E-state index in [9.17, 15) is 5.11 Å². The summed E-state index contributed by atoms with van der Waals surface area (Å²) in [5.74, 6) is 0.802. The Morgan fingerprint density at radius 2 is 2.00 bits per heavy atom. The van der Waals surface area contributed by atoms with Gasteiger partial charge in [-0.2, -0.15) is 0 Å². The van der Waals surface area contributed by atoms with Crippen molar-refractivity contribution in [2.45, 2.75) is 53.6 Å². The standard InChI is InChI=1S/C12H23OTe/c1-11(2)9-5-6-12(11,8-14(3)4)10(13)7-9/h9-10,13H,5-8H2,1-4H3/q+1/t9-,10-,12-/m1/s1. The van der Waals surface area contributed by atoms with Gasteiger partial charge in [-0.25, -0.2) is 0 Å². The molecule has 1 nitrogen and oxygen atoms in total. The Balaban J connectivity index is 2.30. The summed E-state index contributed by atoms with van der Waals surface area (Å²) in [6.45, 7) is 4.81. The van der Waals surface area contributed by atoms with Crippen LogP contribution in [0.1, 0.15) is 33.1 Å². The van der Waals surface area contributed by atoms with Crippen LogP contribution in [-0.2, 0) is 0 Å². The van der Waals surface area contributed by atoms with Gasteiger partial charge in [-0.15, -0.1) is 0 Å². The molecule has 0 amide bonds. The first kappa shape index (κ1) is 11.2. The summed E-state index contributed by atoms with van der Waals surface area (Å²) in [7, 11) is 0. The predicted molar refractivity (Wildman–Crippen MR) is 61.9 cm³/mol. The van der Waals surface area contributed by atoms with Gasteiger partial charge in [0.2, 0.25) is 0 Å². The molecule has 14 heavy (non-hydrogen) atoms. The molecule has 0 saturated heterocycles. The molecule has 0 heterocycles. The van der Waals surface area contributed by atoms with Gasteiger partial charge in [-0.1, -0.05) is 0 Å². The minimum absolute atomic E-state index is 0.0135. The second-order valence-electron chi connectivity index (χ2n) is 5.99. The van der Waals surface area contributed by atoms with E-state index in [-0.39, 0.29) is 6.10 Å². The fraction of sp³-hybridized carbons (Fsp3) is 1.00. The zero-order valence-corrected chi connectivity index (χ0v) is 12.2. The second kappa shape index (κ2) is 3.37. The van der Waals surface area contributed by atoms with E-state index in [1.54, 1.807) is 0 Å². The maximum absolute atomic E-state index is 10.3. The average molecular weight is 311 g/mol. The molecule has 1 N–H and O–H groups in total. The zero-order valence-electron chi connectivity index (χ0n) is 9.84. The summed E-state index contributed by atoms with van der Waals surface area (Å²) < 4.78 is 1.38. The average Bonchev–Trinajstić information content (AvgIpc) is 2.36. The predicted octanol–water partition coefficient (Wildman–Crippen LogP) is 2.93. The van der Waals surface area contributed by atoms with Crippen LogP contribution in [0.15, 0.2) is 0 Å². The van der Waals surface area contributed by atoms with E-state index in [4.69, 9.17) is 0 Å². The van der Waals surface area contributed by atoms with Gasteiger partial charge < -0.3 is 0 Å². The first-order valence-corrected chi connectivity index (χ1v) is 11.9. The molecule has 0 aromatic carbocycles. The Labute approximate surface area is 94.9 Å². The van der Waals surface area contributed by atoms with Crippen LogP contribution in [-0.4, -0.2) is 30.8 Å². The molecule has 2 saturated carbocycles.